The second-order valence-corrected chi connectivity index (χ2v) is 3.66. The fourth-order valence-corrected chi connectivity index (χ4v) is 1.37. The number of hydrogen-bond donors (Lipinski definition) is 4. The Bertz CT molecular complexity index is 435. The maximum Gasteiger partial charge on any atom is 0.255 e. The lowest BCUT2D eigenvalue weighted by Gasteiger charge is -2.14. The van der Waals surface area contributed by atoms with E-state index in [1.807, 2.05) is 6.92 Å². The summed E-state index contributed by atoms with van der Waals surface area (Å²) in [5.74, 6) is 4.64. The van der Waals surface area contributed by atoms with Crippen LogP contribution in [0.4, 0.5) is 5.69 Å². The average molecular weight is 251 g/mol. The lowest BCUT2D eigenvalue weighted by molar-refractivity contribution is -0.122. The number of hydrogen-bond acceptors (Lipinski definition) is 5. The van der Waals surface area contributed by atoms with Crippen LogP contribution in [0, 0.1) is 0 Å². The first-order chi connectivity index (χ1) is 8.60. The van der Waals surface area contributed by atoms with Gasteiger partial charge in [0.05, 0.1) is 11.3 Å². The molecule has 0 aliphatic carbocycles. The summed E-state index contributed by atoms with van der Waals surface area (Å²) < 4.78 is 0. The van der Waals surface area contributed by atoms with Crippen molar-refractivity contribution in [3.8, 4) is 0 Å². The fourth-order valence-electron chi connectivity index (χ4n) is 1.37. The smallest absolute Gasteiger partial charge is 0.255 e. The van der Waals surface area contributed by atoms with Crippen molar-refractivity contribution in [1.29, 1.82) is 0 Å². The van der Waals surface area contributed by atoms with Crippen LogP contribution in [0.1, 0.15) is 24.2 Å². The Hall–Kier alpha value is -2.15. The van der Waals surface area contributed by atoms with Crippen LogP contribution in [0.3, 0.4) is 0 Å². The standard InChI is InChI=1S/C11H17N5O2/c1-3-14-10(17)7(2)15-11(18)8-6-13-5-4-9(8)16-12/h4-7H,3,12H2,1-2H3,(H,13,16)(H,14,17)(H,15,18). The van der Waals surface area contributed by atoms with E-state index in [0.717, 1.165) is 0 Å². The minimum Gasteiger partial charge on any atom is -0.355 e. The number of likely N-dealkylation sites (N-methyl/N-ethyl adjacent to an activating group) is 1. The second kappa shape index (κ2) is 6.55. The fraction of sp³-hybridized carbons (Fsp3) is 0.364. The number of aromatic nitrogens is 1. The first kappa shape index (κ1) is 13.9. The summed E-state index contributed by atoms with van der Waals surface area (Å²) in [7, 11) is 0. The maximum absolute atomic E-state index is 11.9. The van der Waals surface area contributed by atoms with Gasteiger partial charge in [0, 0.05) is 18.9 Å². The minimum atomic E-state index is -0.622. The van der Waals surface area contributed by atoms with Crippen molar-refractivity contribution >= 4 is 17.5 Å². The Morgan fingerprint density at radius 3 is 2.83 bits per heavy atom. The number of rotatable bonds is 5. The van der Waals surface area contributed by atoms with Gasteiger partial charge in [-0.1, -0.05) is 0 Å². The molecule has 1 rings (SSSR count). The topological polar surface area (TPSA) is 109 Å². The zero-order valence-corrected chi connectivity index (χ0v) is 10.4. The van der Waals surface area contributed by atoms with E-state index in [1.165, 1.54) is 12.4 Å². The van der Waals surface area contributed by atoms with E-state index in [-0.39, 0.29) is 11.5 Å². The molecular weight excluding hydrogens is 234 g/mol. The Morgan fingerprint density at radius 1 is 1.50 bits per heavy atom. The SMILES string of the molecule is CCNC(=O)C(C)NC(=O)c1cnccc1NN. The molecule has 0 spiro atoms. The van der Waals surface area contributed by atoms with Crippen molar-refractivity contribution in [2.75, 3.05) is 12.0 Å². The molecule has 1 aromatic heterocycles. The van der Waals surface area contributed by atoms with E-state index in [0.29, 0.717) is 12.2 Å². The maximum atomic E-state index is 11.9. The van der Waals surface area contributed by atoms with Crippen LogP contribution < -0.4 is 21.9 Å². The van der Waals surface area contributed by atoms with Gasteiger partial charge in [0.15, 0.2) is 0 Å². The van der Waals surface area contributed by atoms with Crippen LogP contribution in [-0.2, 0) is 4.79 Å². The summed E-state index contributed by atoms with van der Waals surface area (Å²) in [6.07, 6.45) is 2.90. The van der Waals surface area contributed by atoms with Gasteiger partial charge in [-0.2, -0.15) is 0 Å². The number of carbonyl (C=O) groups excluding carboxylic acids is 2. The normalized spacial score (nSPS) is 11.5. The summed E-state index contributed by atoms with van der Waals surface area (Å²) in [6.45, 7) is 3.93. The van der Waals surface area contributed by atoms with Gasteiger partial charge in [-0.25, -0.2) is 0 Å². The molecular formula is C11H17N5O2. The number of nitrogens with one attached hydrogen (secondary N) is 3. The van der Waals surface area contributed by atoms with E-state index in [4.69, 9.17) is 5.84 Å². The average Bonchev–Trinajstić information content (AvgIpc) is 2.38. The Morgan fingerprint density at radius 2 is 2.22 bits per heavy atom. The molecule has 7 heteroatoms. The molecule has 0 aliphatic rings. The number of pyridine rings is 1. The molecule has 0 fully saturated rings. The van der Waals surface area contributed by atoms with Crippen LogP contribution in [0.2, 0.25) is 0 Å². The third-order valence-electron chi connectivity index (χ3n) is 2.31. The van der Waals surface area contributed by atoms with Gasteiger partial charge < -0.3 is 16.1 Å². The number of nitrogens with two attached hydrogens (primary N) is 1. The van der Waals surface area contributed by atoms with Gasteiger partial charge in [-0.15, -0.1) is 0 Å². The predicted molar refractivity (Wildman–Crippen MR) is 67.7 cm³/mol. The van der Waals surface area contributed by atoms with Crippen molar-refractivity contribution in [2.45, 2.75) is 19.9 Å². The van der Waals surface area contributed by atoms with Crippen LogP contribution >= 0.6 is 0 Å². The number of hydrazine groups is 1. The van der Waals surface area contributed by atoms with Crippen molar-refractivity contribution in [3.05, 3.63) is 24.0 Å². The van der Waals surface area contributed by atoms with Gasteiger partial charge in [0.1, 0.15) is 6.04 Å². The molecule has 5 N–H and O–H groups in total. The van der Waals surface area contributed by atoms with Crippen LogP contribution in [-0.4, -0.2) is 29.4 Å². The lowest BCUT2D eigenvalue weighted by atomic mass is 10.2. The molecule has 1 aromatic rings. The number of nitrogen functional groups attached to an aromatic ring is 1. The summed E-state index contributed by atoms with van der Waals surface area (Å²) in [5, 5.41) is 5.19. The summed E-state index contributed by atoms with van der Waals surface area (Å²) in [6, 6.07) is 0.953. The van der Waals surface area contributed by atoms with E-state index in [2.05, 4.69) is 21.0 Å². The van der Waals surface area contributed by atoms with Gasteiger partial charge in [0.2, 0.25) is 5.91 Å². The molecule has 0 saturated carbocycles. The highest BCUT2D eigenvalue weighted by Crippen LogP contribution is 2.11. The zero-order valence-electron chi connectivity index (χ0n) is 10.4. The van der Waals surface area contributed by atoms with E-state index >= 15 is 0 Å². The number of carbonyl (C=O) groups is 2. The monoisotopic (exact) mass is 251 g/mol. The number of amides is 2. The molecule has 18 heavy (non-hydrogen) atoms. The molecule has 98 valence electrons. The van der Waals surface area contributed by atoms with Crippen molar-refractivity contribution < 1.29 is 9.59 Å². The van der Waals surface area contributed by atoms with Crippen molar-refractivity contribution in [3.63, 3.8) is 0 Å². The predicted octanol–water partition coefficient (Wildman–Crippen LogP) is -0.378. The molecule has 0 aliphatic heterocycles. The number of nitrogens with zero attached hydrogens (tertiary/aromatic N) is 1. The molecule has 0 aromatic carbocycles. The summed E-state index contributed by atoms with van der Waals surface area (Å²) >= 11 is 0. The first-order valence-corrected chi connectivity index (χ1v) is 5.59. The van der Waals surface area contributed by atoms with Gasteiger partial charge in [0.25, 0.3) is 5.91 Å². The molecule has 0 bridgehead atoms. The highest BCUT2D eigenvalue weighted by Gasteiger charge is 2.17. The molecule has 1 heterocycles. The molecule has 1 atom stereocenters. The van der Waals surface area contributed by atoms with Crippen molar-refractivity contribution in [2.24, 2.45) is 5.84 Å². The van der Waals surface area contributed by atoms with Gasteiger partial charge in [-0.05, 0) is 19.9 Å². The second-order valence-electron chi connectivity index (χ2n) is 3.66. The molecule has 2 amide bonds. The molecule has 1 unspecified atom stereocenters. The Balaban J connectivity index is 2.73. The lowest BCUT2D eigenvalue weighted by Crippen LogP contribution is -2.44. The molecule has 0 radical (unpaired) electrons. The van der Waals surface area contributed by atoms with E-state index in [1.54, 1.807) is 13.0 Å². The van der Waals surface area contributed by atoms with Gasteiger partial charge in [-0.3, -0.25) is 20.4 Å². The zero-order chi connectivity index (χ0) is 13.5. The summed E-state index contributed by atoms with van der Waals surface area (Å²) in [5.41, 5.74) is 3.14. The van der Waals surface area contributed by atoms with Crippen LogP contribution in [0.15, 0.2) is 18.5 Å². The van der Waals surface area contributed by atoms with Crippen molar-refractivity contribution in [1.82, 2.24) is 15.6 Å². The van der Waals surface area contributed by atoms with E-state index in [9.17, 15) is 9.59 Å². The highest BCUT2D eigenvalue weighted by atomic mass is 16.2. The Labute approximate surface area is 105 Å². The quantitative estimate of drug-likeness (QED) is 0.421. The van der Waals surface area contributed by atoms with Gasteiger partial charge >= 0.3 is 0 Å². The third-order valence-corrected chi connectivity index (χ3v) is 2.31. The molecule has 0 saturated heterocycles. The number of anilines is 1. The largest absolute Gasteiger partial charge is 0.355 e. The minimum absolute atomic E-state index is 0.239. The third kappa shape index (κ3) is 3.42. The van der Waals surface area contributed by atoms with Crippen LogP contribution in [0.5, 0.6) is 0 Å². The highest BCUT2D eigenvalue weighted by molar-refractivity contribution is 6.01. The van der Waals surface area contributed by atoms with Crippen LogP contribution in [0.25, 0.3) is 0 Å². The molecule has 7 nitrogen and oxygen atoms in total. The summed E-state index contributed by atoms with van der Waals surface area (Å²) in [4.78, 5) is 27.2. The Kier molecular flexibility index (Phi) is 5.06. The van der Waals surface area contributed by atoms with E-state index < -0.39 is 11.9 Å². The first-order valence-electron chi connectivity index (χ1n) is 5.59.